The molecule has 0 amide bonds. The molecule has 0 saturated heterocycles. The second kappa shape index (κ2) is 7.81. The summed E-state index contributed by atoms with van der Waals surface area (Å²) in [5.74, 6) is 1.56. The lowest BCUT2D eigenvalue weighted by Crippen LogP contribution is -2.18. The van der Waals surface area contributed by atoms with Crippen LogP contribution in [0.5, 0.6) is 5.75 Å². The molecule has 0 bridgehead atoms. The molecule has 1 unspecified atom stereocenters. The number of rotatable bonds is 8. The highest BCUT2D eigenvalue weighted by molar-refractivity contribution is 5.35. The van der Waals surface area contributed by atoms with Gasteiger partial charge in [-0.1, -0.05) is 30.3 Å². The number of ether oxygens (including phenoxy) is 2. The molecule has 0 fully saturated rings. The first-order valence-electron chi connectivity index (χ1n) is 7.13. The molecule has 0 saturated carbocycles. The molecule has 21 heavy (non-hydrogen) atoms. The van der Waals surface area contributed by atoms with Crippen molar-refractivity contribution in [2.24, 2.45) is 0 Å². The van der Waals surface area contributed by atoms with E-state index >= 15 is 0 Å². The first-order valence-corrected chi connectivity index (χ1v) is 7.13. The molecule has 1 atom stereocenters. The predicted octanol–water partition coefficient (Wildman–Crippen LogP) is 3.07. The molecule has 1 N–H and O–H groups in total. The fraction of sp³-hybridized carbons (Fsp3) is 0.438. The molecule has 0 aliphatic carbocycles. The Morgan fingerprint density at radius 2 is 2.10 bits per heavy atom. The molecule has 0 aliphatic rings. The molecule has 114 valence electrons. The molecule has 0 spiro atoms. The Morgan fingerprint density at radius 1 is 1.29 bits per heavy atom. The van der Waals surface area contributed by atoms with E-state index in [1.54, 1.807) is 7.11 Å². The maximum Gasteiger partial charge on any atom is 0.162 e. The van der Waals surface area contributed by atoms with Crippen molar-refractivity contribution in [3.8, 4) is 5.75 Å². The number of para-hydroxylation sites is 1. The lowest BCUT2D eigenvalue weighted by atomic mass is 10.1. The van der Waals surface area contributed by atoms with Crippen molar-refractivity contribution in [2.75, 3.05) is 13.7 Å². The summed E-state index contributed by atoms with van der Waals surface area (Å²) in [6.07, 6.45) is 0. The van der Waals surface area contributed by atoms with Crippen molar-refractivity contribution in [1.82, 2.24) is 10.5 Å². The third kappa shape index (κ3) is 4.31. The lowest BCUT2D eigenvalue weighted by molar-refractivity contribution is 0.155. The van der Waals surface area contributed by atoms with E-state index in [0.29, 0.717) is 19.0 Å². The summed E-state index contributed by atoms with van der Waals surface area (Å²) in [6.45, 7) is 5.93. The lowest BCUT2D eigenvalue weighted by Gasteiger charge is -2.17. The van der Waals surface area contributed by atoms with Crippen LogP contribution in [0.1, 0.15) is 36.9 Å². The second-order valence-electron chi connectivity index (χ2n) is 4.82. The topological polar surface area (TPSA) is 56.5 Å². The Balaban J connectivity index is 2.02. The van der Waals surface area contributed by atoms with Gasteiger partial charge in [0.25, 0.3) is 0 Å². The van der Waals surface area contributed by atoms with Crippen LogP contribution in [0.25, 0.3) is 0 Å². The fourth-order valence-electron chi connectivity index (χ4n) is 2.17. The largest absolute Gasteiger partial charge is 0.487 e. The van der Waals surface area contributed by atoms with Gasteiger partial charge in [-0.25, -0.2) is 0 Å². The maximum absolute atomic E-state index is 5.88. The van der Waals surface area contributed by atoms with Crippen LogP contribution in [-0.4, -0.2) is 18.8 Å². The van der Waals surface area contributed by atoms with Crippen molar-refractivity contribution in [2.45, 2.75) is 33.1 Å². The maximum atomic E-state index is 5.88. The highest BCUT2D eigenvalue weighted by atomic mass is 16.5. The molecule has 5 heteroatoms. The van der Waals surface area contributed by atoms with Crippen LogP contribution in [0.3, 0.4) is 0 Å². The SMILES string of the molecule is CCNC(C)c1ccccc1OCc1cc(COC)on1. The molecule has 2 aromatic rings. The Bertz CT molecular complexity index is 554. The number of nitrogens with one attached hydrogen (secondary N) is 1. The summed E-state index contributed by atoms with van der Waals surface area (Å²) in [4.78, 5) is 0. The van der Waals surface area contributed by atoms with E-state index in [1.807, 2.05) is 24.3 Å². The van der Waals surface area contributed by atoms with Crippen LogP contribution < -0.4 is 10.1 Å². The quantitative estimate of drug-likeness (QED) is 0.809. The number of aromatic nitrogens is 1. The monoisotopic (exact) mass is 290 g/mol. The first-order chi connectivity index (χ1) is 10.2. The third-order valence-corrected chi connectivity index (χ3v) is 3.17. The van der Waals surface area contributed by atoms with Crippen molar-refractivity contribution in [3.05, 3.63) is 47.3 Å². The Labute approximate surface area is 125 Å². The van der Waals surface area contributed by atoms with Gasteiger partial charge in [-0.05, 0) is 19.5 Å². The average molecular weight is 290 g/mol. The number of benzene rings is 1. The first kappa shape index (κ1) is 15.5. The number of hydrogen-bond donors (Lipinski definition) is 1. The second-order valence-corrected chi connectivity index (χ2v) is 4.82. The van der Waals surface area contributed by atoms with Gasteiger partial charge >= 0.3 is 0 Å². The zero-order valence-electron chi connectivity index (χ0n) is 12.8. The summed E-state index contributed by atoms with van der Waals surface area (Å²) in [5, 5.41) is 7.36. The summed E-state index contributed by atoms with van der Waals surface area (Å²) in [6, 6.07) is 10.1. The van der Waals surface area contributed by atoms with Crippen molar-refractivity contribution < 1.29 is 14.0 Å². The molecule has 0 aliphatic heterocycles. The van der Waals surface area contributed by atoms with Gasteiger partial charge < -0.3 is 19.3 Å². The average Bonchev–Trinajstić information content (AvgIpc) is 2.94. The van der Waals surface area contributed by atoms with Gasteiger partial charge in [0, 0.05) is 24.8 Å². The third-order valence-electron chi connectivity index (χ3n) is 3.17. The van der Waals surface area contributed by atoms with E-state index in [1.165, 1.54) is 0 Å². The van der Waals surface area contributed by atoms with Gasteiger partial charge in [-0.3, -0.25) is 0 Å². The van der Waals surface area contributed by atoms with Gasteiger partial charge in [0.2, 0.25) is 0 Å². The van der Waals surface area contributed by atoms with E-state index in [-0.39, 0.29) is 6.04 Å². The number of nitrogens with zero attached hydrogens (tertiary/aromatic N) is 1. The summed E-state index contributed by atoms with van der Waals surface area (Å²) < 4.78 is 16.0. The normalized spacial score (nSPS) is 12.3. The number of hydrogen-bond acceptors (Lipinski definition) is 5. The van der Waals surface area contributed by atoms with Gasteiger partial charge in [0.05, 0.1) is 0 Å². The van der Waals surface area contributed by atoms with E-state index in [9.17, 15) is 0 Å². The molecule has 5 nitrogen and oxygen atoms in total. The zero-order chi connectivity index (χ0) is 15.1. The Morgan fingerprint density at radius 3 is 2.86 bits per heavy atom. The Kier molecular flexibility index (Phi) is 5.78. The molecular formula is C16H22N2O3. The van der Waals surface area contributed by atoms with Gasteiger partial charge in [0.15, 0.2) is 5.76 Å². The predicted molar refractivity (Wildman–Crippen MR) is 80.1 cm³/mol. The molecule has 1 aromatic heterocycles. The van der Waals surface area contributed by atoms with Crippen LogP contribution in [0, 0.1) is 0 Å². The van der Waals surface area contributed by atoms with Crippen molar-refractivity contribution >= 4 is 0 Å². The minimum absolute atomic E-state index is 0.243. The van der Waals surface area contributed by atoms with Crippen LogP contribution in [-0.2, 0) is 18.0 Å². The van der Waals surface area contributed by atoms with Crippen LogP contribution >= 0.6 is 0 Å². The van der Waals surface area contributed by atoms with E-state index in [2.05, 4.69) is 30.4 Å². The van der Waals surface area contributed by atoms with Crippen molar-refractivity contribution in [3.63, 3.8) is 0 Å². The van der Waals surface area contributed by atoms with E-state index < -0.39 is 0 Å². The molecule has 2 rings (SSSR count). The van der Waals surface area contributed by atoms with Crippen LogP contribution in [0.2, 0.25) is 0 Å². The molecule has 1 aromatic carbocycles. The smallest absolute Gasteiger partial charge is 0.162 e. The van der Waals surface area contributed by atoms with Crippen LogP contribution in [0.4, 0.5) is 0 Å². The summed E-state index contributed by atoms with van der Waals surface area (Å²) in [7, 11) is 1.62. The van der Waals surface area contributed by atoms with Crippen LogP contribution in [0.15, 0.2) is 34.9 Å². The summed E-state index contributed by atoms with van der Waals surface area (Å²) in [5.41, 5.74) is 1.90. The highest BCUT2D eigenvalue weighted by Crippen LogP contribution is 2.25. The van der Waals surface area contributed by atoms with E-state index in [4.69, 9.17) is 14.0 Å². The van der Waals surface area contributed by atoms with Gasteiger partial charge in [0.1, 0.15) is 24.7 Å². The molecule has 0 radical (unpaired) electrons. The molecular weight excluding hydrogens is 268 g/mol. The Hall–Kier alpha value is -1.85. The number of methoxy groups -OCH3 is 1. The minimum atomic E-state index is 0.243. The van der Waals surface area contributed by atoms with Gasteiger partial charge in [-0.15, -0.1) is 0 Å². The standard InChI is InChI=1S/C16H22N2O3/c1-4-17-12(2)15-7-5-6-8-16(15)20-10-13-9-14(11-19-3)21-18-13/h5-9,12,17H,4,10-11H2,1-3H3. The minimum Gasteiger partial charge on any atom is -0.487 e. The highest BCUT2D eigenvalue weighted by Gasteiger charge is 2.11. The van der Waals surface area contributed by atoms with Gasteiger partial charge in [-0.2, -0.15) is 0 Å². The van der Waals surface area contributed by atoms with E-state index in [0.717, 1.165) is 23.6 Å². The summed E-state index contributed by atoms with van der Waals surface area (Å²) >= 11 is 0. The molecule has 1 heterocycles. The fourth-order valence-corrected chi connectivity index (χ4v) is 2.17. The van der Waals surface area contributed by atoms with Crippen molar-refractivity contribution in [1.29, 1.82) is 0 Å². The zero-order valence-corrected chi connectivity index (χ0v) is 12.8.